The van der Waals surface area contributed by atoms with Gasteiger partial charge in [-0.15, -0.1) is 0 Å². The van der Waals surface area contributed by atoms with Crippen molar-refractivity contribution in [1.82, 2.24) is 0 Å². The third-order valence-corrected chi connectivity index (χ3v) is 2.53. The number of hydrogen-bond acceptors (Lipinski definition) is 3. The number of benzene rings is 2. The highest BCUT2D eigenvalue weighted by Crippen LogP contribution is 2.32. The Morgan fingerprint density at radius 2 is 2.00 bits per heavy atom. The number of anilines is 1. The van der Waals surface area contributed by atoms with Gasteiger partial charge in [0.15, 0.2) is 0 Å². The van der Waals surface area contributed by atoms with Gasteiger partial charge in [0, 0.05) is 11.3 Å². The monoisotopic (exact) mass is 243 g/mol. The highest BCUT2D eigenvalue weighted by atomic mass is 16.7. The lowest BCUT2D eigenvalue weighted by Crippen LogP contribution is -2.04. The average molecular weight is 243 g/mol. The zero-order chi connectivity index (χ0) is 13.1. The summed E-state index contributed by atoms with van der Waals surface area (Å²) in [6, 6.07) is 12.5. The van der Waals surface area contributed by atoms with Crippen molar-refractivity contribution in [1.29, 1.82) is 0 Å². The molecule has 0 aliphatic carbocycles. The number of ether oxygens (including phenoxy) is 1. The Bertz CT molecular complexity index is 593. The van der Waals surface area contributed by atoms with Crippen LogP contribution in [0.25, 0.3) is 11.1 Å². The van der Waals surface area contributed by atoms with Crippen LogP contribution in [0.2, 0.25) is 0 Å². The number of hydrogen-bond donors (Lipinski definition) is 2. The standard InChI is InChI=1S/C14H13NO3/c1-9-5-6-13(18-14(16)17)12(7-9)10-3-2-4-11(15)8-10/h2-8H,15H2,1H3,(H,16,17). The largest absolute Gasteiger partial charge is 0.511 e. The van der Waals surface area contributed by atoms with E-state index in [1.165, 1.54) is 0 Å². The van der Waals surface area contributed by atoms with E-state index < -0.39 is 6.16 Å². The van der Waals surface area contributed by atoms with Crippen molar-refractivity contribution in [3.63, 3.8) is 0 Å². The van der Waals surface area contributed by atoms with E-state index in [0.29, 0.717) is 17.0 Å². The highest BCUT2D eigenvalue weighted by Gasteiger charge is 2.10. The number of rotatable bonds is 2. The molecule has 0 atom stereocenters. The minimum atomic E-state index is -1.33. The minimum absolute atomic E-state index is 0.304. The number of nitrogen functional groups attached to an aromatic ring is 1. The Labute approximate surface area is 105 Å². The Morgan fingerprint density at radius 1 is 1.22 bits per heavy atom. The van der Waals surface area contributed by atoms with E-state index >= 15 is 0 Å². The SMILES string of the molecule is Cc1ccc(OC(=O)O)c(-c2cccc(N)c2)c1. The summed E-state index contributed by atoms with van der Waals surface area (Å²) < 4.78 is 4.77. The molecule has 0 radical (unpaired) electrons. The summed E-state index contributed by atoms with van der Waals surface area (Å²) in [6.07, 6.45) is -1.33. The minimum Gasteiger partial charge on any atom is -0.449 e. The van der Waals surface area contributed by atoms with Crippen LogP contribution in [0, 0.1) is 6.92 Å². The zero-order valence-electron chi connectivity index (χ0n) is 9.88. The fourth-order valence-corrected chi connectivity index (χ4v) is 1.76. The molecule has 3 N–H and O–H groups in total. The van der Waals surface area contributed by atoms with Crippen LogP contribution in [-0.2, 0) is 0 Å². The summed E-state index contributed by atoms with van der Waals surface area (Å²) >= 11 is 0. The van der Waals surface area contributed by atoms with Crippen molar-refractivity contribution in [2.45, 2.75) is 6.92 Å². The van der Waals surface area contributed by atoms with Gasteiger partial charge in [-0.3, -0.25) is 0 Å². The van der Waals surface area contributed by atoms with E-state index in [1.54, 1.807) is 24.3 Å². The van der Waals surface area contributed by atoms with E-state index in [4.69, 9.17) is 15.6 Å². The molecule has 18 heavy (non-hydrogen) atoms. The van der Waals surface area contributed by atoms with Crippen molar-refractivity contribution in [3.8, 4) is 16.9 Å². The van der Waals surface area contributed by atoms with Crippen molar-refractivity contribution < 1.29 is 14.6 Å². The summed E-state index contributed by atoms with van der Waals surface area (Å²) in [5.41, 5.74) is 8.91. The van der Waals surface area contributed by atoms with Crippen LogP contribution in [0.15, 0.2) is 42.5 Å². The molecule has 0 spiro atoms. The fourth-order valence-electron chi connectivity index (χ4n) is 1.76. The molecule has 0 fully saturated rings. The molecular formula is C14H13NO3. The summed E-state index contributed by atoms with van der Waals surface area (Å²) in [4.78, 5) is 10.7. The second-order valence-corrected chi connectivity index (χ2v) is 3.99. The van der Waals surface area contributed by atoms with Gasteiger partial charge in [0.05, 0.1) is 0 Å². The predicted molar refractivity (Wildman–Crippen MR) is 69.7 cm³/mol. The Hall–Kier alpha value is -2.49. The molecule has 4 heteroatoms. The number of aryl methyl sites for hydroxylation is 1. The van der Waals surface area contributed by atoms with Crippen molar-refractivity contribution >= 4 is 11.8 Å². The molecule has 2 rings (SSSR count). The van der Waals surface area contributed by atoms with Gasteiger partial charge in [0.1, 0.15) is 5.75 Å². The molecule has 92 valence electrons. The summed E-state index contributed by atoms with van der Waals surface area (Å²) in [6.45, 7) is 1.93. The molecule has 0 aliphatic heterocycles. The normalized spacial score (nSPS) is 10.1. The molecular weight excluding hydrogens is 230 g/mol. The first-order valence-electron chi connectivity index (χ1n) is 5.43. The molecule has 0 aliphatic rings. The first-order valence-corrected chi connectivity index (χ1v) is 5.43. The lowest BCUT2D eigenvalue weighted by Gasteiger charge is -2.10. The maximum absolute atomic E-state index is 10.7. The topological polar surface area (TPSA) is 72.5 Å². The van der Waals surface area contributed by atoms with Crippen molar-refractivity contribution in [3.05, 3.63) is 48.0 Å². The quantitative estimate of drug-likeness (QED) is 0.482. The van der Waals surface area contributed by atoms with E-state index in [-0.39, 0.29) is 0 Å². The first-order chi connectivity index (χ1) is 8.56. The van der Waals surface area contributed by atoms with Crippen LogP contribution < -0.4 is 10.5 Å². The van der Waals surface area contributed by atoms with E-state index in [1.807, 2.05) is 25.1 Å². The van der Waals surface area contributed by atoms with Crippen LogP contribution >= 0.6 is 0 Å². The first kappa shape index (κ1) is 12.0. The van der Waals surface area contributed by atoms with Gasteiger partial charge < -0.3 is 15.6 Å². The molecule has 0 amide bonds. The van der Waals surface area contributed by atoms with Gasteiger partial charge in [0.25, 0.3) is 0 Å². The van der Waals surface area contributed by atoms with E-state index in [0.717, 1.165) is 11.1 Å². The summed E-state index contributed by atoms with van der Waals surface area (Å²) in [5, 5.41) is 8.72. The highest BCUT2D eigenvalue weighted by molar-refractivity contribution is 5.76. The maximum Gasteiger partial charge on any atom is 0.511 e. The fraction of sp³-hybridized carbons (Fsp3) is 0.0714. The van der Waals surface area contributed by atoms with Gasteiger partial charge in [0.2, 0.25) is 0 Å². The second-order valence-electron chi connectivity index (χ2n) is 3.99. The average Bonchev–Trinajstić information content (AvgIpc) is 2.31. The molecule has 0 heterocycles. The Kier molecular flexibility index (Phi) is 3.19. The second kappa shape index (κ2) is 4.79. The smallest absolute Gasteiger partial charge is 0.449 e. The predicted octanol–water partition coefficient (Wildman–Crippen LogP) is 3.30. The van der Waals surface area contributed by atoms with Crippen LogP contribution in [0.5, 0.6) is 5.75 Å². The Balaban J connectivity index is 2.54. The van der Waals surface area contributed by atoms with Crippen LogP contribution in [-0.4, -0.2) is 11.3 Å². The third kappa shape index (κ3) is 2.60. The number of nitrogens with two attached hydrogens (primary N) is 1. The van der Waals surface area contributed by atoms with E-state index in [9.17, 15) is 4.79 Å². The Morgan fingerprint density at radius 3 is 2.67 bits per heavy atom. The summed E-state index contributed by atoms with van der Waals surface area (Å²) in [7, 11) is 0. The van der Waals surface area contributed by atoms with Gasteiger partial charge in [-0.2, -0.15) is 0 Å². The van der Waals surface area contributed by atoms with Gasteiger partial charge in [-0.1, -0.05) is 23.8 Å². The molecule has 2 aromatic rings. The lowest BCUT2D eigenvalue weighted by atomic mass is 10.0. The lowest BCUT2D eigenvalue weighted by molar-refractivity contribution is 0.144. The number of carboxylic acid groups (broad SMARTS) is 1. The van der Waals surface area contributed by atoms with E-state index in [2.05, 4.69) is 0 Å². The zero-order valence-corrected chi connectivity index (χ0v) is 9.88. The number of carbonyl (C=O) groups is 1. The molecule has 0 aromatic heterocycles. The molecule has 0 saturated carbocycles. The molecule has 0 bridgehead atoms. The van der Waals surface area contributed by atoms with Crippen molar-refractivity contribution in [2.24, 2.45) is 0 Å². The molecule has 0 unspecified atom stereocenters. The maximum atomic E-state index is 10.7. The van der Waals surface area contributed by atoms with Crippen LogP contribution in [0.4, 0.5) is 10.5 Å². The third-order valence-electron chi connectivity index (χ3n) is 2.53. The summed E-state index contributed by atoms with van der Waals surface area (Å²) in [5.74, 6) is 0.304. The van der Waals surface area contributed by atoms with Crippen LogP contribution in [0.1, 0.15) is 5.56 Å². The molecule has 0 saturated heterocycles. The van der Waals surface area contributed by atoms with Gasteiger partial charge in [-0.25, -0.2) is 4.79 Å². The van der Waals surface area contributed by atoms with Crippen LogP contribution in [0.3, 0.4) is 0 Å². The molecule has 4 nitrogen and oxygen atoms in total. The van der Waals surface area contributed by atoms with Gasteiger partial charge in [-0.05, 0) is 36.8 Å². The van der Waals surface area contributed by atoms with Gasteiger partial charge >= 0.3 is 6.16 Å². The molecule has 2 aromatic carbocycles. The van der Waals surface area contributed by atoms with Crippen molar-refractivity contribution in [2.75, 3.05) is 5.73 Å².